The Morgan fingerprint density at radius 2 is 0.917 bits per heavy atom. The van der Waals surface area contributed by atoms with Gasteiger partial charge in [0.05, 0.1) is 0 Å². The first-order chi connectivity index (χ1) is 11.9. The summed E-state index contributed by atoms with van der Waals surface area (Å²) in [5.41, 5.74) is 1.97. The van der Waals surface area contributed by atoms with Gasteiger partial charge >= 0.3 is 0 Å². The molecule has 0 atom stereocenters. The van der Waals surface area contributed by atoms with Gasteiger partial charge in [-0.3, -0.25) is 0 Å². The summed E-state index contributed by atoms with van der Waals surface area (Å²) < 4.78 is 0. The molecule has 2 nitrogen and oxygen atoms in total. The van der Waals surface area contributed by atoms with Crippen molar-refractivity contribution in [1.29, 1.82) is 0 Å². The molecule has 0 aliphatic carbocycles. The van der Waals surface area contributed by atoms with E-state index in [0.29, 0.717) is 6.54 Å². The Bertz CT molecular complexity index is 240. The van der Waals surface area contributed by atoms with E-state index in [4.69, 9.17) is 0 Å². The van der Waals surface area contributed by atoms with Gasteiger partial charge in [-0.15, -0.1) is 0 Å². The molecule has 0 fully saturated rings. The van der Waals surface area contributed by atoms with E-state index in [2.05, 4.69) is 19.1 Å². The fourth-order valence-corrected chi connectivity index (χ4v) is 3.15. The summed E-state index contributed by atoms with van der Waals surface area (Å²) in [5.74, 6) is 0. The van der Waals surface area contributed by atoms with E-state index in [9.17, 15) is 5.21 Å². The van der Waals surface area contributed by atoms with Crippen LogP contribution in [0.15, 0.2) is 12.2 Å². The lowest BCUT2D eigenvalue weighted by molar-refractivity contribution is 0.550. The first kappa shape index (κ1) is 23.7. The third-order valence-corrected chi connectivity index (χ3v) is 4.79. The molecule has 0 radical (unpaired) electrons. The van der Waals surface area contributed by atoms with Gasteiger partial charge in [-0.05, 0) is 38.6 Å². The second kappa shape index (κ2) is 22.7. The van der Waals surface area contributed by atoms with Crippen molar-refractivity contribution in [1.82, 2.24) is 5.48 Å². The number of nitrogens with one attached hydrogen (secondary N) is 1. The molecule has 0 aromatic heterocycles. The van der Waals surface area contributed by atoms with Gasteiger partial charge in [0.15, 0.2) is 0 Å². The van der Waals surface area contributed by atoms with Crippen LogP contribution < -0.4 is 5.48 Å². The average molecular weight is 339 g/mol. The molecule has 1 N–H and O–H groups in total. The standard InChI is InChI=1S/C22H44NO/c1-2-3-4-5-6-7-8-9-10-11-12-13-14-15-16-17-18-19-20-21-22-23-24/h9-10,23H,2-8,11-22H2,1H3/q-1. The Morgan fingerprint density at radius 1 is 0.542 bits per heavy atom. The van der Waals surface area contributed by atoms with Crippen LogP contribution in [-0.2, 0) is 0 Å². The van der Waals surface area contributed by atoms with Crippen molar-refractivity contribution >= 4 is 0 Å². The first-order valence-electron chi connectivity index (χ1n) is 10.9. The second-order valence-electron chi connectivity index (χ2n) is 7.25. The highest BCUT2D eigenvalue weighted by molar-refractivity contribution is 4.81. The highest BCUT2D eigenvalue weighted by Gasteiger charge is 1.93. The minimum Gasteiger partial charge on any atom is -0.788 e. The van der Waals surface area contributed by atoms with Crippen molar-refractivity contribution in [3.8, 4) is 0 Å². The summed E-state index contributed by atoms with van der Waals surface area (Å²) in [4.78, 5) is 0. The van der Waals surface area contributed by atoms with Gasteiger partial charge in [-0.2, -0.15) is 0 Å². The number of rotatable bonds is 20. The highest BCUT2D eigenvalue weighted by atomic mass is 16.5. The third-order valence-electron chi connectivity index (χ3n) is 4.79. The van der Waals surface area contributed by atoms with Crippen LogP contribution in [0.25, 0.3) is 0 Å². The summed E-state index contributed by atoms with van der Waals surface area (Å²) in [6.45, 7) is 2.91. The van der Waals surface area contributed by atoms with Gasteiger partial charge in [0.1, 0.15) is 0 Å². The van der Waals surface area contributed by atoms with Gasteiger partial charge in [0.25, 0.3) is 0 Å². The van der Waals surface area contributed by atoms with E-state index < -0.39 is 0 Å². The van der Waals surface area contributed by atoms with Crippen LogP contribution in [0, 0.1) is 5.21 Å². The Morgan fingerprint density at radius 3 is 1.33 bits per heavy atom. The SMILES string of the molecule is CCCCCCCCC=CCCCCCCCCCCCCN[O-]. The molecule has 0 amide bonds. The summed E-state index contributed by atoms with van der Waals surface area (Å²) in [7, 11) is 0. The minimum absolute atomic E-state index is 0.632. The van der Waals surface area contributed by atoms with Crippen molar-refractivity contribution < 1.29 is 0 Å². The predicted molar refractivity (Wildman–Crippen MR) is 109 cm³/mol. The summed E-state index contributed by atoms with van der Waals surface area (Å²) in [5, 5.41) is 10.1. The van der Waals surface area contributed by atoms with Gasteiger partial charge in [0, 0.05) is 0 Å². The number of hydrogen-bond donors (Lipinski definition) is 1. The van der Waals surface area contributed by atoms with Gasteiger partial charge in [-0.25, -0.2) is 0 Å². The maximum absolute atomic E-state index is 10.1. The lowest BCUT2D eigenvalue weighted by Gasteiger charge is -2.06. The first-order valence-corrected chi connectivity index (χ1v) is 10.9. The molecule has 0 saturated carbocycles. The molecule has 0 aliphatic heterocycles. The van der Waals surface area contributed by atoms with Crippen molar-refractivity contribution in [3.05, 3.63) is 17.4 Å². The molecule has 0 heterocycles. The normalized spacial score (nSPS) is 11.6. The molecular formula is C22H44NO-. The predicted octanol–water partition coefficient (Wildman–Crippen LogP) is 7.67. The number of unbranched alkanes of at least 4 members (excludes halogenated alkanes) is 16. The topological polar surface area (TPSA) is 35.1 Å². The quantitative estimate of drug-likeness (QED) is 0.140. The van der Waals surface area contributed by atoms with Crippen LogP contribution in [0.3, 0.4) is 0 Å². The molecule has 0 aromatic rings. The highest BCUT2D eigenvalue weighted by Crippen LogP contribution is 2.12. The smallest absolute Gasteiger partial charge is 0.0170 e. The lowest BCUT2D eigenvalue weighted by atomic mass is 10.1. The summed E-state index contributed by atoms with van der Waals surface area (Å²) in [6.07, 6.45) is 29.0. The maximum Gasteiger partial charge on any atom is -0.0170 e. The van der Waals surface area contributed by atoms with Gasteiger partial charge in [-0.1, -0.05) is 103 Å². The Labute approximate surface area is 152 Å². The van der Waals surface area contributed by atoms with Crippen molar-refractivity contribution in [2.24, 2.45) is 0 Å². The molecule has 0 unspecified atom stereocenters. The zero-order valence-electron chi connectivity index (χ0n) is 16.5. The van der Waals surface area contributed by atoms with E-state index in [1.807, 2.05) is 5.48 Å². The Balaban J connectivity index is 3.03. The maximum atomic E-state index is 10.1. The minimum atomic E-state index is 0.632. The zero-order valence-corrected chi connectivity index (χ0v) is 16.5. The average Bonchev–Trinajstić information content (AvgIpc) is 2.60. The largest absolute Gasteiger partial charge is 0.788 e. The molecular weight excluding hydrogens is 294 g/mol. The second-order valence-corrected chi connectivity index (χ2v) is 7.25. The fourth-order valence-electron chi connectivity index (χ4n) is 3.15. The Kier molecular flexibility index (Phi) is 22.3. The zero-order chi connectivity index (χ0) is 17.6. The molecule has 0 rings (SSSR count). The van der Waals surface area contributed by atoms with Crippen LogP contribution in [0.2, 0.25) is 0 Å². The molecule has 24 heavy (non-hydrogen) atoms. The van der Waals surface area contributed by atoms with Crippen molar-refractivity contribution in [2.45, 2.75) is 122 Å². The molecule has 2 heteroatoms. The summed E-state index contributed by atoms with van der Waals surface area (Å²) in [6, 6.07) is 0. The summed E-state index contributed by atoms with van der Waals surface area (Å²) >= 11 is 0. The number of hydrogen-bond acceptors (Lipinski definition) is 2. The third kappa shape index (κ3) is 21.7. The number of hydroxylamine groups is 1. The fraction of sp³-hybridized carbons (Fsp3) is 0.909. The van der Waals surface area contributed by atoms with E-state index in [1.54, 1.807) is 0 Å². The van der Waals surface area contributed by atoms with Crippen molar-refractivity contribution in [3.63, 3.8) is 0 Å². The van der Waals surface area contributed by atoms with Crippen LogP contribution >= 0.6 is 0 Å². The lowest BCUT2D eigenvalue weighted by Crippen LogP contribution is -2.04. The van der Waals surface area contributed by atoms with E-state index in [0.717, 1.165) is 6.42 Å². The molecule has 0 aliphatic rings. The van der Waals surface area contributed by atoms with Gasteiger partial charge < -0.3 is 10.7 Å². The number of allylic oxidation sites excluding steroid dienone is 2. The van der Waals surface area contributed by atoms with Crippen LogP contribution in [0.1, 0.15) is 122 Å². The monoisotopic (exact) mass is 338 g/mol. The van der Waals surface area contributed by atoms with Gasteiger partial charge in [0.2, 0.25) is 0 Å². The Hall–Kier alpha value is -0.340. The van der Waals surface area contributed by atoms with Crippen LogP contribution in [0.4, 0.5) is 0 Å². The molecule has 0 spiro atoms. The van der Waals surface area contributed by atoms with E-state index in [1.165, 1.54) is 109 Å². The van der Waals surface area contributed by atoms with E-state index in [-0.39, 0.29) is 0 Å². The molecule has 0 aromatic carbocycles. The molecule has 0 saturated heterocycles. The van der Waals surface area contributed by atoms with Crippen LogP contribution in [-0.4, -0.2) is 6.54 Å². The van der Waals surface area contributed by atoms with E-state index >= 15 is 0 Å². The van der Waals surface area contributed by atoms with Crippen LogP contribution in [0.5, 0.6) is 0 Å². The molecule has 0 bridgehead atoms. The molecule has 144 valence electrons. The van der Waals surface area contributed by atoms with Crippen molar-refractivity contribution in [2.75, 3.05) is 6.54 Å².